The Bertz CT molecular complexity index is 798. The van der Waals surface area contributed by atoms with E-state index in [0.717, 1.165) is 28.0 Å². The highest BCUT2D eigenvalue weighted by Gasteiger charge is 2.14. The van der Waals surface area contributed by atoms with Gasteiger partial charge in [0.2, 0.25) is 0 Å². The van der Waals surface area contributed by atoms with Crippen molar-refractivity contribution in [2.75, 3.05) is 0 Å². The van der Waals surface area contributed by atoms with E-state index in [1.165, 1.54) is 0 Å². The number of hydrogen-bond donors (Lipinski definition) is 0. The summed E-state index contributed by atoms with van der Waals surface area (Å²) in [6, 6.07) is 8.23. The van der Waals surface area contributed by atoms with Gasteiger partial charge in [0.25, 0.3) is 0 Å². The predicted molar refractivity (Wildman–Crippen MR) is 99.9 cm³/mol. The van der Waals surface area contributed by atoms with Gasteiger partial charge in [0.05, 0.1) is 11.2 Å². The molecule has 0 bridgehead atoms. The number of fused-ring (bicyclic) bond motifs is 1. The first-order valence-corrected chi connectivity index (χ1v) is 7.15. The van der Waals surface area contributed by atoms with Crippen LogP contribution in [0.1, 0.15) is 18.2 Å². The van der Waals surface area contributed by atoms with Crippen LogP contribution in [-0.4, -0.2) is 10.8 Å². The number of aromatic nitrogens is 1. The van der Waals surface area contributed by atoms with Gasteiger partial charge in [-0.15, -0.1) is 0 Å². The normalized spacial score (nSPS) is 12.3. The SMILES string of the molecule is C=CC=N/C(=C\C=C)n1c(/C=C\C)c(C=C)c2ccccc21. The Morgan fingerprint density at radius 1 is 1.14 bits per heavy atom. The third-order valence-corrected chi connectivity index (χ3v) is 3.29. The Labute approximate surface area is 131 Å². The van der Waals surface area contributed by atoms with Gasteiger partial charge >= 0.3 is 0 Å². The third kappa shape index (κ3) is 2.77. The summed E-state index contributed by atoms with van der Waals surface area (Å²) in [5.74, 6) is 0.785. The first kappa shape index (κ1) is 15.5. The number of aliphatic imine (C=N–C) groups is 1. The van der Waals surface area contributed by atoms with E-state index >= 15 is 0 Å². The van der Waals surface area contributed by atoms with Crippen molar-refractivity contribution in [2.45, 2.75) is 6.92 Å². The zero-order valence-corrected chi connectivity index (χ0v) is 12.9. The van der Waals surface area contributed by atoms with Crippen LogP contribution in [0.4, 0.5) is 0 Å². The van der Waals surface area contributed by atoms with E-state index in [4.69, 9.17) is 0 Å². The molecule has 1 heterocycles. The molecular weight excluding hydrogens is 268 g/mol. The standard InChI is InChI=1S/C20H20N2/c1-5-11-18-16(8-4)17-13-9-10-14-19(17)22(18)20(12-6-2)21-15-7-3/h5-15H,2-4H2,1H3/b11-5-,20-12+,21-15?. The molecule has 2 nitrogen and oxygen atoms in total. The van der Waals surface area contributed by atoms with Crippen LogP contribution in [0.15, 0.2) is 73.3 Å². The minimum absolute atomic E-state index is 0.785. The minimum atomic E-state index is 0.785. The molecule has 2 aromatic rings. The summed E-state index contributed by atoms with van der Waals surface area (Å²) < 4.78 is 2.11. The second kappa shape index (κ2) is 7.23. The van der Waals surface area contributed by atoms with Gasteiger partial charge in [0, 0.05) is 17.2 Å². The maximum atomic E-state index is 4.48. The van der Waals surface area contributed by atoms with Crippen LogP contribution >= 0.6 is 0 Å². The molecule has 0 spiro atoms. The topological polar surface area (TPSA) is 17.3 Å². The molecule has 0 amide bonds. The van der Waals surface area contributed by atoms with Gasteiger partial charge in [-0.05, 0) is 25.1 Å². The molecule has 0 fully saturated rings. The number of para-hydroxylation sites is 1. The second-order valence-electron chi connectivity index (χ2n) is 4.63. The van der Waals surface area contributed by atoms with Crippen molar-refractivity contribution in [3.63, 3.8) is 0 Å². The molecule has 2 heteroatoms. The number of allylic oxidation sites excluding steroid dienone is 4. The number of hydrogen-bond acceptors (Lipinski definition) is 1. The lowest BCUT2D eigenvalue weighted by Gasteiger charge is -2.09. The molecule has 1 aromatic carbocycles. The zero-order valence-electron chi connectivity index (χ0n) is 12.9. The van der Waals surface area contributed by atoms with Crippen LogP contribution in [0, 0.1) is 0 Å². The summed E-state index contributed by atoms with van der Waals surface area (Å²) >= 11 is 0. The molecule has 22 heavy (non-hydrogen) atoms. The van der Waals surface area contributed by atoms with E-state index in [-0.39, 0.29) is 0 Å². The van der Waals surface area contributed by atoms with Crippen LogP contribution in [0.5, 0.6) is 0 Å². The number of rotatable bonds is 6. The van der Waals surface area contributed by atoms with E-state index in [2.05, 4.69) is 47.5 Å². The van der Waals surface area contributed by atoms with Crippen molar-refractivity contribution >= 4 is 35.1 Å². The lowest BCUT2D eigenvalue weighted by atomic mass is 10.1. The smallest absolute Gasteiger partial charge is 0.137 e. The summed E-state index contributed by atoms with van der Waals surface area (Å²) in [4.78, 5) is 4.48. The average Bonchev–Trinajstić information content (AvgIpc) is 2.85. The fraction of sp³-hybridized carbons (Fsp3) is 0.0500. The molecule has 0 N–H and O–H groups in total. The van der Waals surface area contributed by atoms with Gasteiger partial charge in [-0.3, -0.25) is 4.57 Å². The van der Waals surface area contributed by atoms with Gasteiger partial charge in [-0.2, -0.15) is 0 Å². The van der Waals surface area contributed by atoms with E-state index < -0.39 is 0 Å². The van der Waals surface area contributed by atoms with Crippen LogP contribution in [0.2, 0.25) is 0 Å². The highest BCUT2D eigenvalue weighted by Crippen LogP contribution is 2.31. The lowest BCUT2D eigenvalue weighted by molar-refractivity contribution is 1.11. The van der Waals surface area contributed by atoms with Gasteiger partial charge in [0.15, 0.2) is 0 Å². The Morgan fingerprint density at radius 2 is 1.91 bits per heavy atom. The largest absolute Gasteiger partial charge is 0.294 e. The van der Waals surface area contributed by atoms with Crippen molar-refractivity contribution in [1.82, 2.24) is 4.57 Å². The van der Waals surface area contributed by atoms with Crippen molar-refractivity contribution in [1.29, 1.82) is 0 Å². The Kier molecular flexibility index (Phi) is 5.10. The van der Waals surface area contributed by atoms with Crippen LogP contribution in [0.25, 0.3) is 28.9 Å². The van der Waals surface area contributed by atoms with Gasteiger partial charge in [-0.25, -0.2) is 4.99 Å². The molecule has 0 aliphatic rings. The van der Waals surface area contributed by atoms with Crippen molar-refractivity contribution in [3.8, 4) is 0 Å². The van der Waals surface area contributed by atoms with Crippen molar-refractivity contribution in [2.24, 2.45) is 4.99 Å². The molecule has 0 unspecified atom stereocenters. The number of benzene rings is 1. The highest BCUT2D eigenvalue weighted by atomic mass is 15.1. The van der Waals surface area contributed by atoms with Crippen LogP contribution in [-0.2, 0) is 0 Å². The molecule has 0 atom stereocenters. The maximum absolute atomic E-state index is 4.48. The molecule has 0 aliphatic heterocycles. The molecule has 2 rings (SSSR count). The quantitative estimate of drug-likeness (QED) is 0.489. The Hall–Kier alpha value is -2.87. The highest BCUT2D eigenvalue weighted by molar-refractivity contribution is 5.96. The summed E-state index contributed by atoms with van der Waals surface area (Å²) in [5.41, 5.74) is 3.23. The van der Waals surface area contributed by atoms with E-state index in [9.17, 15) is 0 Å². The van der Waals surface area contributed by atoms with Gasteiger partial charge < -0.3 is 0 Å². The van der Waals surface area contributed by atoms with E-state index in [0.29, 0.717) is 0 Å². The third-order valence-electron chi connectivity index (χ3n) is 3.29. The molecule has 0 saturated carbocycles. The van der Waals surface area contributed by atoms with Gasteiger partial charge in [-0.1, -0.05) is 62.2 Å². The van der Waals surface area contributed by atoms with E-state index in [1.807, 2.05) is 37.3 Å². The maximum Gasteiger partial charge on any atom is 0.137 e. The summed E-state index contributed by atoms with van der Waals surface area (Å²) in [7, 11) is 0. The Morgan fingerprint density at radius 3 is 2.55 bits per heavy atom. The van der Waals surface area contributed by atoms with Crippen molar-refractivity contribution < 1.29 is 0 Å². The summed E-state index contributed by atoms with van der Waals surface area (Å²) in [5, 5.41) is 1.15. The van der Waals surface area contributed by atoms with Crippen LogP contribution in [0.3, 0.4) is 0 Å². The average molecular weight is 288 g/mol. The second-order valence-corrected chi connectivity index (χ2v) is 4.63. The minimum Gasteiger partial charge on any atom is -0.294 e. The Balaban J connectivity index is 2.91. The first-order chi connectivity index (χ1) is 10.8. The van der Waals surface area contributed by atoms with E-state index in [1.54, 1.807) is 18.4 Å². The van der Waals surface area contributed by atoms with Crippen molar-refractivity contribution in [3.05, 3.63) is 79.6 Å². The summed E-state index contributed by atoms with van der Waals surface area (Å²) in [6.45, 7) is 13.4. The molecule has 0 aliphatic carbocycles. The number of nitrogens with zero attached hydrogens (tertiary/aromatic N) is 2. The molecule has 0 saturated heterocycles. The first-order valence-electron chi connectivity index (χ1n) is 7.15. The monoisotopic (exact) mass is 288 g/mol. The molecular formula is C20H20N2. The zero-order chi connectivity index (χ0) is 15.9. The fourth-order valence-corrected chi connectivity index (χ4v) is 2.48. The summed E-state index contributed by atoms with van der Waals surface area (Å²) in [6.07, 6.45) is 12.9. The molecule has 1 aromatic heterocycles. The van der Waals surface area contributed by atoms with Gasteiger partial charge in [0.1, 0.15) is 5.82 Å². The molecule has 110 valence electrons. The lowest BCUT2D eigenvalue weighted by Crippen LogP contribution is -1.98. The fourth-order valence-electron chi connectivity index (χ4n) is 2.48. The predicted octanol–water partition coefficient (Wildman–Crippen LogP) is 5.56. The molecule has 0 radical (unpaired) electrons. The van der Waals surface area contributed by atoms with Crippen LogP contribution < -0.4 is 0 Å².